The molecule has 0 aliphatic heterocycles. The minimum atomic E-state index is 0.311. The van der Waals surface area contributed by atoms with Crippen LogP contribution in [-0.4, -0.2) is 49.9 Å². The summed E-state index contributed by atoms with van der Waals surface area (Å²) in [4.78, 5) is 14.7. The van der Waals surface area contributed by atoms with Crippen LogP contribution in [0, 0.1) is 5.92 Å². The number of nitrogens with zero attached hydrogens (tertiary/aromatic N) is 5. The minimum Gasteiger partial charge on any atom is -0.343 e. The van der Waals surface area contributed by atoms with Crippen LogP contribution in [0.15, 0.2) is 5.16 Å². The van der Waals surface area contributed by atoms with Crippen LogP contribution in [0.3, 0.4) is 0 Å². The molecule has 0 spiro atoms. The smallest absolute Gasteiger partial charge is 0.222 e. The van der Waals surface area contributed by atoms with Gasteiger partial charge in [-0.15, -0.1) is 5.10 Å². The van der Waals surface area contributed by atoms with E-state index in [0.717, 1.165) is 36.3 Å². The Bertz CT molecular complexity index is 581. The molecule has 1 aromatic rings. The number of hydrogen-bond acceptors (Lipinski definition) is 5. The Kier molecular flexibility index (Phi) is 9.09. The lowest BCUT2D eigenvalue weighted by molar-refractivity contribution is -0.131. The van der Waals surface area contributed by atoms with E-state index in [1.54, 1.807) is 11.8 Å². The second-order valence-electron chi connectivity index (χ2n) is 8.42. The van der Waals surface area contributed by atoms with Crippen molar-refractivity contribution in [1.29, 1.82) is 0 Å². The highest BCUT2D eigenvalue weighted by atomic mass is 32.2. The molecule has 0 bridgehead atoms. The van der Waals surface area contributed by atoms with E-state index in [4.69, 9.17) is 0 Å². The number of rotatable bonds is 10. The molecule has 2 saturated carbocycles. The van der Waals surface area contributed by atoms with Gasteiger partial charge in [0.25, 0.3) is 0 Å². The number of aromatic nitrogens is 4. The maximum Gasteiger partial charge on any atom is 0.222 e. The molecule has 1 aromatic heterocycles. The Morgan fingerprint density at radius 3 is 2.54 bits per heavy atom. The zero-order valence-electron chi connectivity index (χ0n) is 17.5. The van der Waals surface area contributed by atoms with Gasteiger partial charge in [-0.05, 0) is 49.0 Å². The molecule has 0 saturated heterocycles. The molecule has 0 unspecified atom stereocenters. The van der Waals surface area contributed by atoms with Gasteiger partial charge in [0, 0.05) is 25.3 Å². The van der Waals surface area contributed by atoms with E-state index in [0.29, 0.717) is 18.4 Å². The van der Waals surface area contributed by atoms with E-state index >= 15 is 0 Å². The molecule has 1 amide bonds. The number of carbonyl (C=O) groups excluding carboxylic acids is 1. The molecule has 1 heterocycles. The van der Waals surface area contributed by atoms with Crippen molar-refractivity contribution in [2.24, 2.45) is 5.92 Å². The van der Waals surface area contributed by atoms with Crippen molar-refractivity contribution >= 4 is 17.7 Å². The largest absolute Gasteiger partial charge is 0.343 e. The van der Waals surface area contributed by atoms with Gasteiger partial charge in [0.1, 0.15) is 0 Å². The van der Waals surface area contributed by atoms with Crippen molar-refractivity contribution in [1.82, 2.24) is 25.1 Å². The number of amides is 1. The average molecular weight is 408 g/mol. The fourth-order valence-electron chi connectivity index (χ4n) is 4.65. The summed E-state index contributed by atoms with van der Waals surface area (Å²) < 4.78 is 2.02. The summed E-state index contributed by atoms with van der Waals surface area (Å²) in [6, 6.07) is 0.461. The molecule has 28 heavy (non-hydrogen) atoms. The van der Waals surface area contributed by atoms with Crippen LogP contribution in [0.2, 0.25) is 0 Å². The Hall–Kier alpha value is -1.11. The second kappa shape index (κ2) is 11.8. The van der Waals surface area contributed by atoms with Gasteiger partial charge in [0.2, 0.25) is 11.1 Å². The van der Waals surface area contributed by atoms with Crippen molar-refractivity contribution in [3.8, 4) is 0 Å². The van der Waals surface area contributed by atoms with Gasteiger partial charge < -0.3 is 4.90 Å². The standard InChI is InChI=1S/C21H37N5OS/c1-2-25(16-15-18-10-5-3-6-11-18)20(27)14-9-17-28-21-22-23-24-26(21)19-12-7-4-8-13-19/h18-19H,2-17H2,1H3. The summed E-state index contributed by atoms with van der Waals surface area (Å²) in [7, 11) is 0. The molecule has 7 heteroatoms. The van der Waals surface area contributed by atoms with Crippen LogP contribution in [0.4, 0.5) is 0 Å². The number of thioether (sulfide) groups is 1. The van der Waals surface area contributed by atoms with Gasteiger partial charge in [0.05, 0.1) is 6.04 Å². The molecule has 0 N–H and O–H groups in total. The third kappa shape index (κ3) is 6.46. The van der Waals surface area contributed by atoms with Gasteiger partial charge >= 0.3 is 0 Å². The summed E-state index contributed by atoms with van der Waals surface area (Å²) in [5.74, 6) is 2.05. The van der Waals surface area contributed by atoms with Crippen molar-refractivity contribution in [2.75, 3.05) is 18.8 Å². The Labute approximate surface area is 174 Å². The Balaban J connectivity index is 1.35. The van der Waals surface area contributed by atoms with Crippen LogP contribution in [-0.2, 0) is 4.79 Å². The number of carbonyl (C=O) groups is 1. The molecule has 2 aliphatic carbocycles. The van der Waals surface area contributed by atoms with E-state index in [2.05, 4.69) is 27.3 Å². The van der Waals surface area contributed by atoms with Gasteiger partial charge in [0.15, 0.2) is 0 Å². The maximum atomic E-state index is 12.6. The van der Waals surface area contributed by atoms with Crippen LogP contribution < -0.4 is 0 Å². The quantitative estimate of drug-likeness (QED) is 0.409. The van der Waals surface area contributed by atoms with Crippen LogP contribution in [0.25, 0.3) is 0 Å². The molecule has 158 valence electrons. The first-order valence-electron chi connectivity index (χ1n) is 11.5. The van der Waals surface area contributed by atoms with Gasteiger partial charge in [-0.1, -0.05) is 63.1 Å². The zero-order valence-corrected chi connectivity index (χ0v) is 18.3. The SMILES string of the molecule is CCN(CCC1CCCCC1)C(=O)CCCSc1nnnn1C1CCCCC1. The van der Waals surface area contributed by atoms with E-state index in [1.165, 1.54) is 70.6 Å². The molecule has 3 rings (SSSR count). The summed E-state index contributed by atoms with van der Waals surface area (Å²) in [5, 5.41) is 13.2. The topological polar surface area (TPSA) is 63.9 Å². The van der Waals surface area contributed by atoms with E-state index < -0.39 is 0 Å². The highest BCUT2D eigenvalue weighted by molar-refractivity contribution is 7.99. The average Bonchev–Trinajstić information content (AvgIpc) is 3.21. The van der Waals surface area contributed by atoms with Gasteiger partial charge in [-0.3, -0.25) is 4.79 Å². The Morgan fingerprint density at radius 1 is 1.11 bits per heavy atom. The van der Waals surface area contributed by atoms with Gasteiger partial charge in [-0.2, -0.15) is 0 Å². The zero-order chi connectivity index (χ0) is 19.6. The summed E-state index contributed by atoms with van der Waals surface area (Å²) in [6.45, 7) is 3.87. The molecule has 0 radical (unpaired) electrons. The lowest BCUT2D eigenvalue weighted by Gasteiger charge is -2.26. The molecule has 0 atom stereocenters. The van der Waals surface area contributed by atoms with Crippen LogP contribution >= 0.6 is 11.8 Å². The summed E-state index contributed by atoms with van der Waals surface area (Å²) in [5.41, 5.74) is 0. The van der Waals surface area contributed by atoms with E-state index in [9.17, 15) is 4.79 Å². The van der Waals surface area contributed by atoms with Crippen LogP contribution in [0.5, 0.6) is 0 Å². The van der Waals surface area contributed by atoms with E-state index in [1.807, 2.05) is 4.68 Å². The second-order valence-corrected chi connectivity index (χ2v) is 9.48. The molecule has 0 aromatic carbocycles. The third-order valence-electron chi connectivity index (χ3n) is 6.42. The van der Waals surface area contributed by atoms with Crippen molar-refractivity contribution < 1.29 is 4.79 Å². The monoisotopic (exact) mass is 407 g/mol. The predicted octanol–water partition coefficient (Wildman–Crippen LogP) is 4.87. The Morgan fingerprint density at radius 2 is 1.82 bits per heavy atom. The lowest BCUT2D eigenvalue weighted by atomic mass is 9.87. The molecule has 6 nitrogen and oxygen atoms in total. The first-order chi connectivity index (χ1) is 13.8. The fourth-order valence-corrected chi connectivity index (χ4v) is 5.54. The van der Waals surface area contributed by atoms with Crippen molar-refractivity contribution in [3.63, 3.8) is 0 Å². The number of tetrazole rings is 1. The summed E-state index contributed by atoms with van der Waals surface area (Å²) in [6.07, 6.45) is 15.8. The fraction of sp³-hybridized carbons (Fsp3) is 0.905. The minimum absolute atomic E-state index is 0.311. The van der Waals surface area contributed by atoms with Gasteiger partial charge in [-0.25, -0.2) is 4.68 Å². The molecule has 2 aliphatic rings. The maximum absolute atomic E-state index is 12.6. The first-order valence-corrected chi connectivity index (χ1v) is 12.4. The van der Waals surface area contributed by atoms with E-state index in [-0.39, 0.29) is 0 Å². The van der Waals surface area contributed by atoms with Crippen LogP contribution in [0.1, 0.15) is 96.4 Å². The van der Waals surface area contributed by atoms with Crippen molar-refractivity contribution in [2.45, 2.75) is 102 Å². The first kappa shape index (κ1) is 21.6. The summed E-state index contributed by atoms with van der Waals surface area (Å²) >= 11 is 1.70. The molecular formula is C21H37N5OS. The predicted molar refractivity (Wildman–Crippen MR) is 113 cm³/mol. The molecule has 2 fully saturated rings. The number of hydrogen-bond donors (Lipinski definition) is 0. The normalized spacial score (nSPS) is 19.0. The van der Waals surface area contributed by atoms with Crippen molar-refractivity contribution in [3.05, 3.63) is 0 Å². The highest BCUT2D eigenvalue weighted by Gasteiger charge is 2.21. The highest BCUT2D eigenvalue weighted by Crippen LogP contribution is 2.30. The third-order valence-corrected chi connectivity index (χ3v) is 7.44. The molecular weight excluding hydrogens is 370 g/mol. The lowest BCUT2D eigenvalue weighted by Crippen LogP contribution is -2.32.